The lowest BCUT2D eigenvalue weighted by Gasteiger charge is -2.07. The quantitative estimate of drug-likeness (QED) is 0.529. The number of fused-ring (bicyclic) bond motifs is 1. The zero-order chi connectivity index (χ0) is 14.8. The second-order valence-corrected chi connectivity index (χ2v) is 5.90. The van der Waals surface area contributed by atoms with E-state index in [-0.39, 0.29) is 5.78 Å². The van der Waals surface area contributed by atoms with Crippen molar-refractivity contribution in [1.82, 2.24) is 4.98 Å². The first-order valence-corrected chi connectivity index (χ1v) is 7.81. The van der Waals surface area contributed by atoms with Gasteiger partial charge in [0.2, 0.25) is 0 Å². The third-order valence-corrected chi connectivity index (χ3v) is 3.97. The first kappa shape index (κ1) is 14.1. The molecule has 0 atom stereocenters. The molecular weight excluding hydrogens is 377 g/mol. The third-order valence-electron chi connectivity index (χ3n) is 3.30. The molecule has 0 aliphatic carbocycles. The van der Waals surface area contributed by atoms with E-state index >= 15 is 0 Å². The third kappa shape index (κ3) is 2.68. The molecule has 0 aliphatic heterocycles. The fourth-order valence-corrected chi connectivity index (χ4v) is 2.93. The molecule has 0 fully saturated rings. The van der Waals surface area contributed by atoms with Gasteiger partial charge in [0.1, 0.15) is 5.75 Å². The van der Waals surface area contributed by atoms with Crippen molar-refractivity contribution in [2.24, 2.45) is 0 Å². The lowest BCUT2D eigenvalue weighted by Crippen LogP contribution is -2.01. The normalized spacial score (nSPS) is 10.8. The molecule has 0 bridgehead atoms. The maximum Gasteiger partial charge on any atom is 0.195 e. The zero-order valence-electron chi connectivity index (χ0n) is 11.5. The van der Waals surface area contributed by atoms with E-state index in [1.807, 2.05) is 49.4 Å². The van der Waals surface area contributed by atoms with E-state index in [0.717, 1.165) is 20.2 Å². The van der Waals surface area contributed by atoms with E-state index in [2.05, 4.69) is 27.6 Å². The first-order chi connectivity index (χ1) is 10.2. The summed E-state index contributed by atoms with van der Waals surface area (Å²) >= 11 is 2.21. The van der Waals surface area contributed by atoms with Gasteiger partial charge < -0.3 is 9.72 Å². The molecule has 3 aromatic rings. The molecule has 0 saturated carbocycles. The number of ketones is 1. The second kappa shape index (κ2) is 5.89. The number of carbonyl (C=O) groups excluding carboxylic acids is 1. The van der Waals surface area contributed by atoms with Crippen molar-refractivity contribution in [3.05, 3.63) is 63.4 Å². The summed E-state index contributed by atoms with van der Waals surface area (Å²) in [4.78, 5) is 15.9. The topological polar surface area (TPSA) is 42.1 Å². The SMILES string of the molecule is CCOc1cccc2[nH]cc(C(=O)c3cccc(I)c3)c12. The van der Waals surface area contributed by atoms with Crippen molar-refractivity contribution in [2.75, 3.05) is 6.61 Å². The Kier molecular flexibility index (Phi) is 3.96. The van der Waals surface area contributed by atoms with Gasteiger partial charge >= 0.3 is 0 Å². The van der Waals surface area contributed by atoms with Gasteiger partial charge in [0.25, 0.3) is 0 Å². The highest BCUT2D eigenvalue weighted by molar-refractivity contribution is 14.1. The molecule has 1 N–H and O–H groups in total. The number of rotatable bonds is 4. The molecule has 21 heavy (non-hydrogen) atoms. The molecule has 106 valence electrons. The average molecular weight is 391 g/mol. The summed E-state index contributed by atoms with van der Waals surface area (Å²) in [7, 11) is 0. The Balaban J connectivity index is 2.14. The molecule has 0 saturated heterocycles. The second-order valence-electron chi connectivity index (χ2n) is 4.65. The Labute approximate surface area is 136 Å². The van der Waals surface area contributed by atoms with Crippen molar-refractivity contribution >= 4 is 39.3 Å². The Hall–Kier alpha value is -1.82. The number of H-pyrrole nitrogens is 1. The van der Waals surface area contributed by atoms with Crippen LogP contribution in [0.4, 0.5) is 0 Å². The molecule has 0 spiro atoms. The Morgan fingerprint density at radius 2 is 2.05 bits per heavy atom. The smallest absolute Gasteiger partial charge is 0.195 e. The largest absolute Gasteiger partial charge is 0.493 e. The van der Waals surface area contributed by atoms with Gasteiger partial charge in [-0.15, -0.1) is 0 Å². The molecule has 0 amide bonds. The number of aromatic amines is 1. The Bertz CT molecular complexity index is 807. The molecule has 3 nitrogen and oxygen atoms in total. The lowest BCUT2D eigenvalue weighted by molar-refractivity contribution is 0.104. The molecule has 0 aliphatic rings. The number of nitrogens with one attached hydrogen (secondary N) is 1. The number of hydrogen-bond donors (Lipinski definition) is 1. The Morgan fingerprint density at radius 1 is 1.24 bits per heavy atom. The van der Waals surface area contributed by atoms with Crippen LogP contribution in [0.2, 0.25) is 0 Å². The van der Waals surface area contributed by atoms with Gasteiger partial charge in [0.05, 0.1) is 17.6 Å². The maximum absolute atomic E-state index is 12.8. The summed E-state index contributed by atoms with van der Waals surface area (Å²) in [6.07, 6.45) is 1.76. The highest BCUT2D eigenvalue weighted by Crippen LogP contribution is 2.30. The summed E-state index contributed by atoms with van der Waals surface area (Å²) < 4.78 is 6.70. The predicted molar refractivity (Wildman–Crippen MR) is 92.1 cm³/mol. The van der Waals surface area contributed by atoms with Crippen LogP contribution >= 0.6 is 22.6 Å². The van der Waals surface area contributed by atoms with Gasteiger partial charge in [-0.05, 0) is 53.8 Å². The van der Waals surface area contributed by atoms with Crippen LogP contribution in [0, 0.1) is 3.57 Å². The number of carbonyl (C=O) groups is 1. The summed E-state index contributed by atoms with van der Waals surface area (Å²) in [5, 5.41) is 0.850. The van der Waals surface area contributed by atoms with Crippen LogP contribution in [-0.2, 0) is 0 Å². The number of halogens is 1. The minimum Gasteiger partial charge on any atom is -0.493 e. The number of hydrogen-bond acceptors (Lipinski definition) is 2. The molecule has 0 unspecified atom stereocenters. The van der Waals surface area contributed by atoms with Crippen LogP contribution in [-0.4, -0.2) is 17.4 Å². The van der Waals surface area contributed by atoms with E-state index in [9.17, 15) is 4.79 Å². The molecule has 1 aromatic heterocycles. The molecular formula is C17H14INO2. The van der Waals surface area contributed by atoms with Crippen LogP contribution in [0.5, 0.6) is 5.75 Å². The van der Waals surface area contributed by atoms with Crippen molar-refractivity contribution in [3.8, 4) is 5.75 Å². The number of aromatic nitrogens is 1. The van der Waals surface area contributed by atoms with Gasteiger partial charge in [-0.25, -0.2) is 0 Å². The molecule has 1 heterocycles. The van der Waals surface area contributed by atoms with E-state index < -0.39 is 0 Å². The predicted octanol–water partition coefficient (Wildman–Crippen LogP) is 4.40. The van der Waals surface area contributed by atoms with Gasteiger partial charge in [-0.3, -0.25) is 4.79 Å². The van der Waals surface area contributed by atoms with Gasteiger partial charge in [0, 0.05) is 20.8 Å². The van der Waals surface area contributed by atoms with Crippen molar-refractivity contribution in [2.45, 2.75) is 6.92 Å². The Morgan fingerprint density at radius 3 is 2.81 bits per heavy atom. The lowest BCUT2D eigenvalue weighted by atomic mass is 10.0. The van der Waals surface area contributed by atoms with E-state index in [4.69, 9.17) is 4.74 Å². The standard InChI is InChI=1S/C17H14INO2/c1-2-21-15-8-4-7-14-16(15)13(10-19-14)17(20)11-5-3-6-12(18)9-11/h3-10,19H,2H2,1H3. The molecule has 0 radical (unpaired) electrons. The van der Waals surface area contributed by atoms with Gasteiger partial charge in [-0.2, -0.15) is 0 Å². The van der Waals surface area contributed by atoms with Gasteiger partial charge in [0.15, 0.2) is 5.78 Å². The average Bonchev–Trinajstić information content (AvgIpc) is 2.92. The van der Waals surface area contributed by atoms with Crippen LogP contribution in [0.3, 0.4) is 0 Å². The van der Waals surface area contributed by atoms with E-state index in [1.54, 1.807) is 6.20 Å². The van der Waals surface area contributed by atoms with Crippen molar-refractivity contribution in [1.29, 1.82) is 0 Å². The summed E-state index contributed by atoms with van der Waals surface area (Å²) in [5.74, 6) is 0.747. The molecule has 4 heteroatoms. The molecule has 3 rings (SSSR count). The zero-order valence-corrected chi connectivity index (χ0v) is 13.7. The highest BCUT2D eigenvalue weighted by Gasteiger charge is 2.17. The summed E-state index contributed by atoms with van der Waals surface area (Å²) in [6, 6.07) is 13.4. The van der Waals surface area contributed by atoms with Crippen molar-refractivity contribution in [3.63, 3.8) is 0 Å². The van der Waals surface area contributed by atoms with Crippen LogP contribution < -0.4 is 4.74 Å². The van der Waals surface area contributed by atoms with Crippen LogP contribution in [0.15, 0.2) is 48.7 Å². The minimum absolute atomic E-state index is 0.00641. The maximum atomic E-state index is 12.8. The first-order valence-electron chi connectivity index (χ1n) is 6.74. The van der Waals surface area contributed by atoms with Crippen LogP contribution in [0.25, 0.3) is 10.9 Å². The minimum atomic E-state index is 0.00641. The fraction of sp³-hybridized carbons (Fsp3) is 0.118. The van der Waals surface area contributed by atoms with E-state index in [1.165, 1.54) is 0 Å². The highest BCUT2D eigenvalue weighted by atomic mass is 127. The summed E-state index contributed by atoms with van der Waals surface area (Å²) in [6.45, 7) is 2.51. The summed E-state index contributed by atoms with van der Waals surface area (Å²) in [5.41, 5.74) is 2.25. The number of ether oxygens (including phenoxy) is 1. The van der Waals surface area contributed by atoms with Gasteiger partial charge in [-0.1, -0.05) is 18.2 Å². The van der Waals surface area contributed by atoms with Crippen LogP contribution in [0.1, 0.15) is 22.8 Å². The monoisotopic (exact) mass is 391 g/mol. The fourth-order valence-electron chi connectivity index (χ4n) is 2.39. The molecule has 2 aromatic carbocycles. The van der Waals surface area contributed by atoms with E-state index in [0.29, 0.717) is 17.7 Å². The number of benzene rings is 2. The van der Waals surface area contributed by atoms with Crippen molar-refractivity contribution < 1.29 is 9.53 Å².